The minimum atomic E-state index is -0.0762. The molecule has 9 aromatic rings. The number of furan rings is 1. The average molecular weight is 613 g/mol. The molecule has 0 aliphatic heterocycles. The topological polar surface area (TPSA) is 13.1 Å². The first-order valence-electron chi connectivity index (χ1n) is 16.8. The molecule has 0 radical (unpaired) electrons. The van der Waals surface area contributed by atoms with Crippen LogP contribution < -0.4 is 0 Å². The van der Waals surface area contributed by atoms with Crippen molar-refractivity contribution in [2.75, 3.05) is 0 Å². The Morgan fingerprint density at radius 2 is 0.938 bits per heavy atom. The van der Waals surface area contributed by atoms with Crippen LogP contribution in [-0.2, 0) is 5.41 Å². The number of hydrogen-bond acceptors (Lipinski definition) is 1. The molecule has 0 amide bonds. The predicted octanol–water partition coefficient (Wildman–Crippen LogP) is 13.2. The Morgan fingerprint density at radius 1 is 0.396 bits per heavy atom. The molecule has 48 heavy (non-hydrogen) atoms. The minimum absolute atomic E-state index is 0.0762. The van der Waals surface area contributed by atoms with E-state index in [2.05, 4.69) is 172 Å². The fourth-order valence-corrected chi connectivity index (χ4v) is 8.47. The lowest BCUT2D eigenvalue weighted by molar-refractivity contribution is 0.660. The molecule has 8 aromatic carbocycles. The fraction of sp³-hybridized carbons (Fsp3) is 0.0638. The van der Waals surface area contributed by atoms with Gasteiger partial charge in [-0.05, 0) is 89.8 Å². The molecule has 1 aliphatic rings. The minimum Gasteiger partial charge on any atom is -0.455 e. The van der Waals surface area contributed by atoms with Crippen LogP contribution in [-0.4, -0.2) is 0 Å². The lowest BCUT2D eigenvalue weighted by Gasteiger charge is -2.22. The Labute approximate surface area is 279 Å². The first-order valence-corrected chi connectivity index (χ1v) is 16.8. The van der Waals surface area contributed by atoms with Crippen LogP contribution in [0.2, 0.25) is 0 Å². The van der Waals surface area contributed by atoms with Gasteiger partial charge < -0.3 is 4.42 Å². The van der Waals surface area contributed by atoms with Crippen LogP contribution in [0.3, 0.4) is 0 Å². The van der Waals surface area contributed by atoms with Crippen molar-refractivity contribution in [1.29, 1.82) is 0 Å². The monoisotopic (exact) mass is 612 g/mol. The summed E-state index contributed by atoms with van der Waals surface area (Å²) < 4.78 is 6.85. The van der Waals surface area contributed by atoms with Crippen molar-refractivity contribution in [1.82, 2.24) is 0 Å². The molecular formula is C47H32O. The molecule has 0 atom stereocenters. The lowest BCUT2D eigenvalue weighted by Crippen LogP contribution is -2.14. The summed E-state index contributed by atoms with van der Waals surface area (Å²) in [6, 6.07) is 57.5. The SMILES string of the molecule is CC1(C)c2ccccc2-c2ccc(-c3ccc(-c4c5ccccc5c(-c5ccccc5)c5ccccc45)c4c3oc3ccccc34)cc21. The predicted molar refractivity (Wildman–Crippen MR) is 203 cm³/mol. The van der Waals surface area contributed by atoms with Crippen molar-refractivity contribution in [3.05, 3.63) is 169 Å². The van der Waals surface area contributed by atoms with E-state index in [-0.39, 0.29) is 5.41 Å². The van der Waals surface area contributed by atoms with Crippen LogP contribution in [0.1, 0.15) is 25.0 Å². The van der Waals surface area contributed by atoms with Crippen molar-refractivity contribution in [3.63, 3.8) is 0 Å². The third-order valence-corrected chi connectivity index (χ3v) is 10.7. The van der Waals surface area contributed by atoms with E-state index in [1.165, 1.54) is 71.6 Å². The maximum absolute atomic E-state index is 6.85. The molecule has 1 heterocycles. The van der Waals surface area contributed by atoms with E-state index in [4.69, 9.17) is 4.42 Å². The van der Waals surface area contributed by atoms with E-state index in [1.807, 2.05) is 0 Å². The molecule has 0 unspecified atom stereocenters. The van der Waals surface area contributed by atoms with Gasteiger partial charge in [0.2, 0.25) is 0 Å². The van der Waals surface area contributed by atoms with Gasteiger partial charge >= 0.3 is 0 Å². The summed E-state index contributed by atoms with van der Waals surface area (Å²) in [6.45, 7) is 4.69. The van der Waals surface area contributed by atoms with Gasteiger partial charge in [-0.2, -0.15) is 0 Å². The Kier molecular flexibility index (Phi) is 5.69. The maximum atomic E-state index is 6.85. The second kappa shape index (κ2) is 10.0. The zero-order valence-corrected chi connectivity index (χ0v) is 26.9. The van der Waals surface area contributed by atoms with Crippen LogP contribution in [0.15, 0.2) is 162 Å². The van der Waals surface area contributed by atoms with Crippen molar-refractivity contribution in [2.45, 2.75) is 19.3 Å². The molecule has 1 aliphatic carbocycles. The number of benzene rings is 8. The Bertz CT molecular complexity index is 2690. The number of hydrogen-bond donors (Lipinski definition) is 0. The van der Waals surface area contributed by atoms with Gasteiger partial charge in [0.1, 0.15) is 11.2 Å². The molecule has 0 saturated heterocycles. The van der Waals surface area contributed by atoms with E-state index < -0.39 is 0 Å². The molecule has 0 spiro atoms. The smallest absolute Gasteiger partial charge is 0.143 e. The van der Waals surface area contributed by atoms with E-state index >= 15 is 0 Å². The van der Waals surface area contributed by atoms with Gasteiger partial charge in [-0.1, -0.05) is 153 Å². The van der Waals surface area contributed by atoms with Crippen LogP contribution in [0.4, 0.5) is 0 Å². The Hall–Kier alpha value is -5.92. The van der Waals surface area contributed by atoms with Crippen LogP contribution in [0.5, 0.6) is 0 Å². The van der Waals surface area contributed by atoms with Gasteiger partial charge in [-0.25, -0.2) is 0 Å². The molecule has 1 heteroatoms. The highest BCUT2D eigenvalue weighted by Crippen LogP contribution is 2.52. The van der Waals surface area contributed by atoms with E-state index in [0.29, 0.717) is 0 Å². The fourth-order valence-electron chi connectivity index (χ4n) is 8.47. The highest BCUT2D eigenvalue weighted by Gasteiger charge is 2.35. The van der Waals surface area contributed by atoms with Crippen LogP contribution in [0.25, 0.3) is 88.0 Å². The summed E-state index contributed by atoms with van der Waals surface area (Å²) in [7, 11) is 0. The molecule has 0 bridgehead atoms. The third kappa shape index (κ3) is 3.73. The molecule has 226 valence electrons. The normalized spacial score (nSPS) is 13.4. The van der Waals surface area contributed by atoms with Crippen LogP contribution >= 0.6 is 0 Å². The standard InChI is InChI=1S/C47H32O/c1-47(2)40-22-12-10-16-32(40)33-25-24-30(28-41(33)47)31-26-27-39(45-38-21-11-13-23-42(38)48-46(31)45)44-36-19-8-6-17-34(36)43(29-14-4-3-5-15-29)35-18-7-9-20-37(35)44/h3-28H,1-2H3. The highest BCUT2D eigenvalue weighted by molar-refractivity contribution is 6.26. The molecule has 10 rings (SSSR count). The van der Waals surface area contributed by atoms with Crippen molar-refractivity contribution < 1.29 is 4.42 Å². The van der Waals surface area contributed by atoms with Crippen molar-refractivity contribution >= 4 is 43.5 Å². The zero-order valence-electron chi connectivity index (χ0n) is 26.9. The summed E-state index contributed by atoms with van der Waals surface area (Å²) in [6.07, 6.45) is 0. The summed E-state index contributed by atoms with van der Waals surface area (Å²) >= 11 is 0. The third-order valence-electron chi connectivity index (χ3n) is 10.7. The second-order valence-corrected chi connectivity index (χ2v) is 13.6. The quantitative estimate of drug-likeness (QED) is 0.181. The molecule has 0 fully saturated rings. The van der Waals surface area contributed by atoms with Crippen molar-refractivity contribution in [3.8, 4) is 44.5 Å². The molecular weight excluding hydrogens is 581 g/mol. The number of fused-ring (bicyclic) bond motifs is 8. The lowest BCUT2D eigenvalue weighted by atomic mass is 9.81. The van der Waals surface area contributed by atoms with Crippen molar-refractivity contribution in [2.24, 2.45) is 0 Å². The molecule has 0 saturated carbocycles. The second-order valence-electron chi connectivity index (χ2n) is 13.6. The first-order chi connectivity index (χ1) is 23.6. The van der Waals surface area contributed by atoms with E-state index in [0.717, 1.165) is 27.5 Å². The molecule has 1 nitrogen and oxygen atoms in total. The molecule has 0 N–H and O–H groups in total. The largest absolute Gasteiger partial charge is 0.455 e. The summed E-state index contributed by atoms with van der Waals surface area (Å²) in [5, 5.41) is 7.29. The van der Waals surface area contributed by atoms with Gasteiger partial charge in [0.25, 0.3) is 0 Å². The van der Waals surface area contributed by atoms with Gasteiger partial charge in [-0.3, -0.25) is 0 Å². The van der Waals surface area contributed by atoms with Gasteiger partial charge in [0.05, 0.1) is 0 Å². The summed E-state index contributed by atoms with van der Waals surface area (Å²) in [5.41, 5.74) is 14.4. The molecule has 1 aromatic heterocycles. The highest BCUT2D eigenvalue weighted by atomic mass is 16.3. The van der Waals surface area contributed by atoms with Gasteiger partial charge in [-0.15, -0.1) is 0 Å². The average Bonchev–Trinajstić information content (AvgIpc) is 3.63. The zero-order chi connectivity index (χ0) is 32.0. The van der Waals surface area contributed by atoms with Gasteiger partial charge in [0.15, 0.2) is 0 Å². The summed E-state index contributed by atoms with van der Waals surface area (Å²) in [4.78, 5) is 0. The Balaban J connectivity index is 1.29. The number of rotatable bonds is 3. The maximum Gasteiger partial charge on any atom is 0.143 e. The van der Waals surface area contributed by atoms with Gasteiger partial charge in [0, 0.05) is 21.8 Å². The van der Waals surface area contributed by atoms with Crippen LogP contribution in [0, 0.1) is 0 Å². The summed E-state index contributed by atoms with van der Waals surface area (Å²) in [5.74, 6) is 0. The van der Waals surface area contributed by atoms with E-state index in [9.17, 15) is 0 Å². The Morgan fingerprint density at radius 3 is 1.67 bits per heavy atom. The first kappa shape index (κ1) is 27.2. The number of para-hydroxylation sites is 1. The van der Waals surface area contributed by atoms with E-state index in [1.54, 1.807) is 0 Å².